The van der Waals surface area contributed by atoms with Gasteiger partial charge in [-0.3, -0.25) is 10.1 Å². The van der Waals surface area contributed by atoms with E-state index in [1.54, 1.807) is 10.3 Å². The Hall–Kier alpha value is -1.63. The lowest BCUT2D eigenvalue weighted by Crippen LogP contribution is -2.35. The Morgan fingerprint density at radius 2 is 2.00 bits per heavy atom. The molecule has 6 nitrogen and oxygen atoms in total. The summed E-state index contributed by atoms with van der Waals surface area (Å²) in [7, 11) is 0. The van der Waals surface area contributed by atoms with Crippen LogP contribution in [0.5, 0.6) is 0 Å². The van der Waals surface area contributed by atoms with E-state index in [1.807, 2.05) is 0 Å². The molecular formula is C12H17N3O3S. The number of carbonyl (C=O) groups excluding carboxylic acids is 1. The molecule has 0 spiro atoms. The first kappa shape index (κ1) is 13.8. The van der Waals surface area contributed by atoms with Crippen LogP contribution in [-0.4, -0.2) is 40.1 Å². The zero-order valence-electron chi connectivity index (χ0n) is 10.6. The van der Waals surface area contributed by atoms with Gasteiger partial charge in [0, 0.05) is 18.5 Å². The highest BCUT2D eigenvalue weighted by atomic mass is 32.1. The summed E-state index contributed by atoms with van der Waals surface area (Å²) in [4.78, 5) is 28.5. The number of anilines is 1. The number of thiazole rings is 1. The Bertz CT molecular complexity index is 453. The third-order valence-corrected chi connectivity index (χ3v) is 3.80. The fourth-order valence-corrected chi connectivity index (χ4v) is 2.74. The van der Waals surface area contributed by atoms with E-state index in [0.29, 0.717) is 10.8 Å². The van der Waals surface area contributed by atoms with Crippen LogP contribution in [0.3, 0.4) is 0 Å². The Morgan fingerprint density at radius 3 is 2.63 bits per heavy atom. The zero-order chi connectivity index (χ0) is 13.7. The molecule has 1 saturated heterocycles. The summed E-state index contributed by atoms with van der Waals surface area (Å²) >= 11 is 1.26. The van der Waals surface area contributed by atoms with Crippen LogP contribution < -0.4 is 5.32 Å². The number of amides is 2. The van der Waals surface area contributed by atoms with Crippen LogP contribution >= 0.6 is 11.3 Å². The van der Waals surface area contributed by atoms with Crippen LogP contribution in [0.15, 0.2) is 5.38 Å². The molecule has 1 aliphatic heterocycles. The first-order valence-corrected chi connectivity index (χ1v) is 7.25. The predicted octanol–water partition coefficient (Wildman–Crippen LogP) is 2.18. The summed E-state index contributed by atoms with van der Waals surface area (Å²) < 4.78 is 0. The van der Waals surface area contributed by atoms with Gasteiger partial charge in [-0.25, -0.2) is 9.78 Å². The fraction of sp³-hybridized carbons (Fsp3) is 0.583. The maximum Gasteiger partial charge on any atom is 0.323 e. The van der Waals surface area contributed by atoms with Gasteiger partial charge in [0.1, 0.15) is 0 Å². The smallest absolute Gasteiger partial charge is 0.323 e. The van der Waals surface area contributed by atoms with Gasteiger partial charge < -0.3 is 10.0 Å². The first-order valence-electron chi connectivity index (χ1n) is 6.37. The molecule has 0 radical (unpaired) electrons. The molecule has 0 aliphatic carbocycles. The SMILES string of the molecule is O=C(O)Cc1csc(NC(=O)N2CCCCCC2)n1. The van der Waals surface area contributed by atoms with E-state index >= 15 is 0 Å². The molecule has 1 aliphatic rings. The quantitative estimate of drug-likeness (QED) is 0.890. The van der Waals surface area contributed by atoms with Gasteiger partial charge in [-0.1, -0.05) is 12.8 Å². The predicted molar refractivity (Wildman–Crippen MR) is 72.5 cm³/mol. The molecule has 19 heavy (non-hydrogen) atoms. The molecule has 1 aromatic heterocycles. The van der Waals surface area contributed by atoms with Crippen molar-refractivity contribution >= 4 is 28.5 Å². The zero-order valence-corrected chi connectivity index (χ0v) is 11.4. The lowest BCUT2D eigenvalue weighted by molar-refractivity contribution is -0.136. The highest BCUT2D eigenvalue weighted by Gasteiger charge is 2.16. The monoisotopic (exact) mass is 283 g/mol. The van der Waals surface area contributed by atoms with Gasteiger partial charge in [-0.05, 0) is 12.8 Å². The van der Waals surface area contributed by atoms with Crippen LogP contribution in [0.1, 0.15) is 31.4 Å². The Balaban J connectivity index is 1.90. The molecule has 2 rings (SSSR count). The Morgan fingerprint density at radius 1 is 1.32 bits per heavy atom. The van der Waals surface area contributed by atoms with E-state index in [4.69, 9.17) is 5.11 Å². The number of hydrogen-bond acceptors (Lipinski definition) is 4. The fourth-order valence-electron chi connectivity index (χ4n) is 2.04. The molecule has 0 bridgehead atoms. The van der Waals surface area contributed by atoms with Crippen LogP contribution in [0.25, 0.3) is 0 Å². The molecule has 0 unspecified atom stereocenters. The van der Waals surface area contributed by atoms with Crippen molar-refractivity contribution in [3.05, 3.63) is 11.1 Å². The summed E-state index contributed by atoms with van der Waals surface area (Å²) in [6.45, 7) is 1.55. The van der Waals surface area contributed by atoms with Crippen molar-refractivity contribution in [1.29, 1.82) is 0 Å². The van der Waals surface area contributed by atoms with Gasteiger partial charge in [-0.2, -0.15) is 0 Å². The summed E-state index contributed by atoms with van der Waals surface area (Å²) in [5, 5.41) is 13.5. The Labute approximate surface area is 115 Å². The molecule has 104 valence electrons. The number of aliphatic carboxylic acids is 1. The summed E-state index contributed by atoms with van der Waals surface area (Å²) in [6, 6.07) is -0.141. The number of nitrogens with zero attached hydrogens (tertiary/aromatic N) is 2. The lowest BCUT2D eigenvalue weighted by Gasteiger charge is -2.19. The molecule has 1 fully saturated rings. The minimum Gasteiger partial charge on any atom is -0.481 e. The number of urea groups is 1. The number of carboxylic acid groups (broad SMARTS) is 1. The second-order valence-electron chi connectivity index (χ2n) is 4.55. The first-order chi connectivity index (χ1) is 9.15. The number of carbonyl (C=O) groups is 2. The van der Waals surface area contributed by atoms with Crippen LogP contribution in [0.4, 0.5) is 9.93 Å². The number of hydrogen-bond donors (Lipinski definition) is 2. The summed E-state index contributed by atoms with van der Waals surface area (Å²) in [6.07, 6.45) is 4.30. The van der Waals surface area contributed by atoms with Gasteiger partial charge in [0.25, 0.3) is 0 Å². The van der Waals surface area contributed by atoms with E-state index in [2.05, 4.69) is 10.3 Å². The third kappa shape index (κ3) is 4.20. The molecule has 2 N–H and O–H groups in total. The lowest BCUT2D eigenvalue weighted by atomic mass is 10.2. The van der Waals surface area contributed by atoms with Crippen molar-refractivity contribution in [2.24, 2.45) is 0 Å². The molecule has 0 saturated carbocycles. The van der Waals surface area contributed by atoms with Crippen molar-refractivity contribution in [2.75, 3.05) is 18.4 Å². The van der Waals surface area contributed by atoms with Crippen LogP contribution in [0, 0.1) is 0 Å². The average Bonchev–Trinajstić information content (AvgIpc) is 2.64. The molecule has 0 atom stereocenters. The molecule has 1 aromatic rings. The van der Waals surface area contributed by atoms with Gasteiger partial charge in [0.15, 0.2) is 5.13 Å². The van der Waals surface area contributed by atoms with Crippen molar-refractivity contribution in [3.8, 4) is 0 Å². The second-order valence-corrected chi connectivity index (χ2v) is 5.40. The molecular weight excluding hydrogens is 266 g/mol. The molecule has 7 heteroatoms. The third-order valence-electron chi connectivity index (χ3n) is 2.99. The van der Waals surface area contributed by atoms with Crippen LogP contribution in [0.2, 0.25) is 0 Å². The van der Waals surface area contributed by atoms with Crippen molar-refractivity contribution in [3.63, 3.8) is 0 Å². The standard InChI is InChI=1S/C12H17N3O3S/c16-10(17)7-9-8-19-11(13-9)14-12(18)15-5-3-1-2-4-6-15/h8H,1-7H2,(H,16,17)(H,13,14,18). The Kier molecular flexibility index (Phi) is 4.73. The van der Waals surface area contributed by atoms with E-state index in [-0.39, 0.29) is 12.5 Å². The minimum absolute atomic E-state index is 0.115. The minimum atomic E-state index is -0.921. The van der Waals surface area contributed by atoms with Crippen molar-refractivity contribution in [1.82, 2.24) is 9.88 Å². The highest BCUT2D eigenvalue weighted by molar-refractivity contribution is 7.13. The van der Waals surface area contributed by atoms with Gasteiger partial charge in [-0.15, -0.1) is 11.3 Å². The van der Waals surface area contributed by atoms with Gasteiger partial charge in [0.05, 0.1) is 12.1 Å². The second kappa shape index (κ2) is 6.51. The number of nitrogens with one attached hydrogen (secondary N) is 1. The van der Waals surface area contributed by atoms with Crippen molar-refractivity contribution in [2.45, 2.75) is 32.1 Å². The molecule has 2 heterocycles. The molecule has 2 amide bonds. The van der Waals surface area contributed by atoms with Gasteiger partial charge in [0.2, 0.25) is 0 Å². The topological polar surface area (TPSA) is 82.5 Å². The number of aromatic nitrogens is 1. The van der Waals surface area contributed by atoms with E-state index < -0.39 is 5.97 Å². The van der Waals surface area contributed by atoms with E-state index in [1.165, 1.54) is 24.2 Å². The number of carboxylic acids is 1. The van der Waals surface area contributed by atoms with Gasteiger partial charge >= 0.3 is 12.0 Å². The van der Waals surface area contributed by atoms with Crippen LogP contribution in [-0.2, 0) is 11.2 Å². The normalized spacial score (nSPS) is 15.9. The highest BCUT2D eigenvalue weighted by Crippen LogP contribution is 2.17. The van der Waals surface area contributed by atoms with E-state index in [0.717, 1.165) is 25.9 Å². The van der Waals surface area contributed by atoms with E-state index in [9.17, 15) is 9.59 Å². The average molecular weight is 283 g/mol. The maximum atomic E-state index is 12.0. The molecule has 0 aromatic carbocycles. The summed E-state index contributed by atoms with van der Waals surface area (Å²) in [5.41, 5.74) is 0.476. The number of rotatable bonds is 3. The maximum absolute atomic E-state index is 12.0. The number of likely N-dealkylation sites (tertiary alicyclic amines) is 1. The van der Waals surface area contributed by atoms with Crippen molar-refractivity contribution < 1.29 is 14.7 Å². The largest absolute Gasteiger partial charge is 0.481 e. The summed E-state index contributed by atoms with van der Waals surface area (Å²) in [5.74, 6) is -0.921.